The number of nitrogens with two attached hydrogens (primary N) is 1. The summed E-state index contributed by atoms with van der Waals surface area (Å²) < 4.78 is 1.09. The van der Waals surface area contributed by atoms with Gasteiger partial charge in [0.1, 0.15) is 0 Å². The maximum atomic E-state index is 9.08. The Morgan fingerprint density at radius 1 is 1.53 bits per heavy atom. The van der Waals surface area contributed by atoms with E-state index in [1.807, 2.05) is 6.92 Å². The van der Waals surface area contributed by atoms with Crippen molar-refractivity contribution in [3.8, 4) is 0 Å². The number of nitrogens with zero attached hydrogens (tertiary/aromatic N) is 1. The highest BCUT2D eigenvalue weighted by Crippen LogP contribution is 2.30. The molecule has 19 heavy (non-hydrogen) atoms. The van der Waals surface area contributed by atoms with Crippen LogP contribution < -0.4 is 10.6 Å². The van der Waals surface area contributed by atoms with Gasteiger partial charge in [0.15, 0.2) is 0 Å². The molecule has 2 atom stereocenters. The van der Waals surface area contributed by atoms with Crippen molar-refractivity contribution in [2.45, 2.75) is 32.2 Å². The molecule has 0 radical (unpaired) electrons. The van der Waals surface area contributed by atoms with Crippen molar-refractivity contribution < 1.29 is 5.11 Å². The first kappa shape index (κ1) is 14.8. The molecule has 4 heteroatoms. The molecule has 0 bridgehead atoms. The Bertz CT molecular complexity index is 421. The number of halogens is 1. The highest BCUT2D eigenvalue weighted by molar-refractivity contribution is 9.10. The first-order chi connectivity index (χ1) is 9.11. The third kappa shape index (κ3) is 3.71. The van der Waals surface area contributed by atoms with Crippen LogP contribution >= 0.6 is 15.9 Å². The average molecular weight is 327 g/mol. The van der Waals surface area contributed by atoms with Crippen LogP contribution in [0.3, 0.4) is 0 Å². The van der Waals surface area contributed by atoms with E-state index in [1.54, 1.807) is 0 Å². The van der Waals surface area contributed by atoms with E-state index in [0.29, 0.717) is 12.5 Å². The van der Waals surface area contributed by atoms with Gasteiger partial charge in [0.05, 0.1) is 0 Å². The Morgan fingerprint density at radius 2 is 2.32 bits per heavy atom. The van der Waals surface area contributed by atoms with Crippen LogP contribution in [0.15, 0.2) is 22.7 Å². The highest BCUT2D eigenvalue weighted by Gasteiger charge is 2.20. The molecule has 0 spiro atoms. The second-order valence-corrected chi connectivity index (χ2v) is 6.32. The second-order valence-electron chi connectivity index (χ2n) is 5.46. The summed E-state index contributed by atoms with van der Waals surface area (Å²) in [5.74, 6) is 0.616. The number of rotatable bonds is 4. The fourth-order valence-electron chi connectivity index (χ4n) is 2.80. The number of anilines is 1. The van der Waals surface area contributed by atoms with Gasteiger partial charge in [-0.1, -0.05) is 22.0 Å². The van der Waals surface area contributed by atoms with Crippen LogP contribution in [0.2, 0.25) is 0 Å². The smallest absolute Gasteiger partial charge is 0.0434 e. The maximum absolute atomic E-state index is 9.08. The summed E-state index contributed by atoms with van der Waals surface area (Å²) in [6, 6.07) is 6.48. The van der Waals surface area contributed by atoms with Crippen molar-refractivity contribution in [1.29, 1.82) is 0 Å². The standard InChI is InChI=1S/C15H23BrN2O/c1-11(17)14-5-4-13(9-15(14)16)18-7-2-3-12(10-18)6-8-19/h4-5,9,11-12,19H,2-3,6-8,10,17H2,1H3/t11-,12?/m0/s1. The Labute approximate surface area is 123 Å². The molecule has 0 amide bonds. The molecule has 0 aromatic heterocycles. The van der Waals surface area contributed by atoms with Crippen LogP contribution in [0, 0.1) is 5.92 Å². The summed E-state index contributed by atoms with van der Waals surface area (Å²) >= 11 is 3.61. The van der Waals surface area contributed by atoms with Crippen molar-refractivity contribution in [3.63, 3.8) is 0 Å². The first-order valence-corrected chi connectivity index (χ1v) is 7.82. The van der Waals surface area contributed by atoms with Crippen LogP contribution in [-0.2, 0) is 0 Å². The Hall–Kier alpha value is -0.580. The Balaban J connectivity index is 2.11. The molecule has 1 aliphatic rings. The third-order valence-electron chi connectivity index (χ3n) is 3.90. The van der Waals surface area contributed by atoms with Gasteiger partial charge in [-0.25, -0.2) is 0 Å². The fourth-order valence-corrected chi connectivity index (χ4v) is 3.53. The number of aliphatic hydroxyl groups excluding tert-OH is 1. The first-order valence-electron chi connectivity index (χ1n) is 7.02. The molecule has 0 aliphatic carbocycles. The lowest BCUT2D eigenvalue weighted by Gasteiger charge is -2.34. The minimum absolute atomic E-state index is 0.0481. The van der Waals surface area contributed by atoms with Gasteiger partial charge in [-0.2, -0.15) is 0 Å². The largest absolute Gasteiger partial charge is 0.396 e. The van der Waals surface area contributed by atoms with Crippen molar-refractivity contribution in [2.24, 2.45) is 11.7 Å². The van der Waals surface area contributed by atoms with Crippen molar-refractivity contribution in [3.05, 3.63) is 28.2 Å². The van der Waals surface area contributed by atoms with Gasteiger partial charge in [-0.15, -0.1) is 0 Å². The van der Waals surface area contributed by atoms with Crippen LogP contribution in [0.1, 0.15) is 37.8 Å². The molecule has 1 saturated heterocycles. The fraction of sp³-hybridized carbons (Fsp3) is 0.600. The average Bonchev–Trinajstić information content (AvgIpc) is 2.39. The van der Waals surface area contributed by atoms with Gasteiger partial charge < -0.3 is 15.7 Å². The number of hydrogen-bond donors (Lipinski definition) is 2. The number of benzene rings is 1. The molecule has 1 fully saturated rings. The predicted molar refractivity (Wildman–Crippen MR) is 83.4 cm³/mol. The number of piperidine rings is 1. The predicted octanol–water partition coefficient (Wildman–Crippen LogP) is 3.07. The zero-order valence-electron chi connectivity index (χ0n) is 11.5. The van der Waals surface area contributed by atoms with Crippen LogP contribution in [0.25, 0.3) is 0 Å². The zero-order chi connectivity index (χ0) is 13.8. The van der Waals surface area contributed by atoms with E-state index in [0.717, 1.165) is 29.5 Å². The van der Waals surface area contributed by atoms with Crippen LogP contribution in [-0.4, -0.2) is 24.8 Å². The third-order valence-corrected chi connectivity index (χ3v) is 4.58. The number of hydrogen-bond acceptors (Lipinski definition) is 3. The summed E-state index contributed by atoms with van der Waals surface area (Å²) in [6.07, 6.45) is 3.35. The summed E-state index contributed by atoms with van der Waals surface area (Å²) in [7, 11) is 0. The molecule has 1 aliphatic heterocycles. The molecule has 1 aromatic rings. The summed E-state index contributed by atoms with van der Waals surface area (Å²) in [5.41, 5.74) is 8.33. The topological polar surface area (TPSA) is 49.5 Å². The highest BCUT2D eigenvalue weighted by atomic mass is 79.9. The summed E-state index contributed by atoms with van der Waals surface area (Å²) in [6.45, 7) is 4.44. The lowest BCUT2D eigenvalue weighted by molar-refractivity contribution is 0.244. The Kier molecular flexibility index (Phi) is 5.25. The van der Waals surface area contributed by atoms with E-state index in [1.165, 1.54) is 18.5 Å². The quantitative estimate of drug-likeness (QED) is 0.894. The molecule has 3 N–H and O–H groups in total. The molecule has 106 valence electrons. The molecule has 1 aromatic carbocycles. The lowest BCUT2D eigenvalue weighted by Crippen LogP contribution is -2.35. The summed E-state index contributed by atoms with van der Waals surface area (Å²) in [5, 5.41) is 9.08. The molecular formula is C15H23BrN2O. The van der Waals surface area contributed by atoms with Crippen LogP contribution in [0.5, 0.6) is 0 Å². The molecule has 1 unspecified atom stereocenters. The van der Waals surface area contributed by atoms with E-state index < -0.39 is 0 Å². The lowest BCUT2D eigenvalue weighted by atomic mass is 9.94. The van der Waals surface area contributed by atoms with Crippen molar-refractivity contribution in [2.75, 3.05) is 24.6 Å². The van der Waals surface area contributed by atoms with Gasteiger partial charge >= 0.3 is 0 Å². The van der Waals surface area contributed by atoms with Crippen LogP contribution in [0.4, 0.5) is 5.69 Å². The van der Waals surface area contributed by atoms with E-state index in [2.05, 4.69) is 39.0 Å². The molecule has 0 saturated carbocycles. The van der Waals surface area contributed by atoms with Crippen molar-refractivity contribution in [1.82, 2.24) is 0 Å². The molecule has 3 nitrogen and oxygen atoms in total. The monoisotopic (exact) mass is 326 g/mol. The van der Waals surface area contributed by atoms with Gasteiger partial charge in [0.2, 0.25) is 0 Å². The number of aliphatic hydroxyl groups is 1. The van der Waals surface area contributed by atoms with E-state index >= 15 is 0 Å². The minimum atomic E-state index is 0.0481. The molecule has 1 heterocycles. The minimum Gasteiger partial charge on any atom is -0.396 e. The molecular weight excluding hydrogens is 304 g/mol. The van der Waals surface area contributed by atoms with Gasteiger partial charge in [0, 0.05) is 35.9 Å². The normalized spacial score (nSPS) is 21.5. The summed E-state index contributed by atoms with van der Waals surface area (Å²) in [4.78, 5) is 2.42. The maximum Gasteiger partial charge on any atom is 0.0434 e. The second kappa shape index (κ2) is 6.73. The van der Waals surface area contributed by atoms with Crippen molar-refractivity contribution >= 4 is 21.6 Å². The van der Waals surface area contributed by atoms with Gasteiger partial charge in [-0.3, -0.25) is 0 Å². The van der Waals surface area contributed by atoms with Gasteiger partial charge in [0.25, 0.3) is 0 Å². The Morgan fingerprint density at radius 3 is 2.95 bits per heavy atom. The van der Waals surface area contributed by atoms with E-state index in [-0.39, 0.29) is 6.04 Å². The van der Waals surface area contributed by atoms with E-state index in [9.17, 15) is 0 Å². The van der Waals surface area contributed by atoms with Gasteiger partial charge in [-0.05, 0) is 49.8 Å². The van der Waals surface area contributed by atoms with E-state index in [4.69, 9.17) is 10.8 Å². The zero-order valence-corrected chi connectivity index (χ0v) is 13.1. The molecule has 2 rings (SSSR count). The SMILES string of the molecule is C[C@H](N)c1ccc(N2CCCC(CCO)C2)cc1Br.